The number of phenolic OH excluding ortho intramolecular Hbond substituents is 1. The zero-order chi connectivity index (χ0) is 18.5. The van der Waals surface area contributed by atoms with E-state index < -0.39 is 0 Å². The van der Waals surface area contributed by atoms with Crippen LogP contribution in [-0.4, -0.2) is 24.2 Å². The Balaban J connectivity index is 1.74. The molecule has 132 valence electrons. The zero-order valence-electron chi connectivity index (χ0n) is 15.1. The lowest BCUT2D eigenvalue weighted by molar-refractivity contribution is 0.478. The highest BCUT2D eigenvalue weighted by molar-refractivity contribution is 5.87. The van der Waals surface area contributed by atoms with Crippen molar-refractivity contribution in [3.63, 3.8) is 0 Å². The van der Waals surface area contributed by atoms with Gasteiger partial charge in [-0.1, -0.05) is 30.3 Å². The van der Waals surface area contributed by atoms with Crippen LogP contribution in [0.5, 0.6) is 5.75 Å². The molecule has 0 saturated heterocycles. The van der Waals surface area contributed by atoms with Crippen LogP contribution in [0.1, 0.15) is 0 Å². The summed E-state index contributed by atoms with van der Waals surface area (Å²) in [6, 6.07) is 21.6. The van der Waals surface area contributed by atoms with Crippen molar-refractivity contribution in [3.05, 3.63) is 66.7 Å². The van der Waals surface area contributed by atoms with Gasteiger partial charge in [0.25, 0.3) is 0 Å². The van der Waals surface area contributed by atoms with Gasteiger partial charge >= 0.3 is 0 Å². The van der Waals surface area contributed by atoms with Gasteiger partial charge in [0, 0.05) is 14.1 Å². The molecule has 0 atom stereocenters. The number of imidazole rings is 2. The number of hydrogen-bond acceptors (Lipinski definition) is 3. The second kappa shape index (κ2) is 5.71. The smallest absolute Gasteiger partial charge is 0.144 e. The molecule has 5 rings (SSSR count). The third-order valence-electron chi connectivity index (χ3n) is 5.09. The average Bonchev–Trinajstić information content (AvgIpc) is 3.20. The van der Waals surface area contributed by atoms with Crippen molar-refractivity contribution in [2.75, 3.05) is 0 Å². The van der Waals surface area contributed by atoms with E-state index in [9.17, 15) is 5.11 Å². The monoisotopic (exact) mass is 354 g/mol. The second-order valence-electron chi connectivity index (χ2n) is 6.67. The Labute approximate surface area is 156 Å². The Hall–Kier alpha value is -3.60. The van der Waals surface area contributed by atoms with E-state index in [0.29, 0.717) is 11.1 Å². The van der Waals surface area contributed by atoms with Crippen LogP contribution in [0.15, 0.2) is 66.7 Å². The van der Waals surface area contributed by atoms with E-state index in [1.54, 1.807) is 0 Å². The number of hydrogen-bond donors (Lipinski definition) is 1. The Morgan fingerprint density at radius 3 is 1.52 bits per heavy atom. The molecule has 0 unspecified atom stereocenters. The molecule has 0 aliphatic carbocycles. The molecule has 2 heterocycles. The van der Waals surface area contributed by atoms with E-state index in [-0.39, 0.29) is 5.75 Å². The van der Waals surface area contributed by atoms with Crippen LogP contribution < -0.4 is 0 Å². The molecule has 0 bridgehead atoms. The molecule has 0 amide bonds. The standard InChI is InChI=1S/C22H18N4O/c1-25-18-12-5-3-10-16(18)23-21(25)14-8-7-9-15(20(14)27)22-24-17-11-4-6-13-19(17)26(22)2/h3-13,27H,1-2H3. The maximum absolute atomic E-state index is 11.1. The Morgan fingerprint density at radius 1 is 0.630 bits per heavy atom. The summed E-state index contributed by atoms with van der Waals surface area (Å²) >= 11 is 0. The van der Waals surface area contributed by atoms with Crippen LogP contribution in [0, 0.1) is 0 Å². The molecule has 0 saturated carbocycles. The fourth-order valence-corrected chi connectivity index (χ4v) is 3.68. The number of aromatic nitrogens is 4. The molecular weight excluding hydrogens is 336 g/mol. The van der Waals surface area contributed by atoms with Gasteiger partial charge in [-0.25, -0.2) is 9.97 Å². The lowest BCUT2D eigenvalue weighted by Crippen LogP contribution is -1.96. The summed E-state index contributed by atoms with van der Waals surface area (Å²) < 4.78 is 4.01. The number of nitrogens with zero attached hydrogens (tertiary/aromatic N) is 4. The SMILES string of the molecule is Cn1c(-c2cccc(-c3nc4ccccc4n3C)c2O)nc2ccccc21. The Bertz CT molecular complexity index is 1210. The first kappa shape index (κ1) is 15.6. The molecule has 5 nitrogen and oxygen atoms in total. The molecule has 27 heavy (non-hydrogen) atoms. The Morgan fingerprint density at radius 2 is 1.07 bits per heavy atom. The van der Waals surface area contributed by atoms with Crippen molar-refractivity contribution in [2.45, 2.75) is 0 Å². The fraction of sp³-hybridized carbons (Fsp3) is 0.0909. The van der Waals surface area contributed by atoms with E-state index in [0.717, 1.165) is 33.7 Å². The number of aromatic hydroxyl groups is 1. The number of rotatable bonds is 2. The predicted molar refractivity (Wildman–Crippen MR) is 108 cm³/mol. The van der Waals surface area contributed by atoms with Gasteiger partial charge in [0.2, 0.25) is 0 Å². The van der Waals surface area contributed by atoms with E-state index in [1.165, 1.54) is 0 Å². The van der Waals surface area contributed by atoms with Crippen molar-refractivity contribution in [2.24, 2.45) is 14.1 Å². The van der Waals surface area contributed by atoms with Crippen molar-refractivity contribution >= 4 is 22.1 Å². The topological polar surface area (TPSA) is 55.9 Å². The largest absolute Gasteiger partial charge is 0.506 e. The van der Waals surface area contributed by atoms with Crippen LogP contribution in [0.2, 0.25) is 0 Å². The number of aryl methyl sites for hydroxylation is 2. The van der Waals surface area contributed by atoms with E-state index in [1.807, 2.05) is 90.0 Å². The van der Waals surface area contributed by atoms with Gasteiger partial charge in [0.1, 0.15) is 17.4 Å². The summed E-state index contributed by atoms with van der Waals surface area (Å²) in [5.74, 6) is 1.65. The van der Waals surface area contributed by atoms with E-state index in [4.69, 9.17) is 9.97 Å². The molecule has 5 heteroatoms. The van der Waals surface area contributed by atoms with Crippen molar-refractivity contribution in [3.8, 4) is 28.5 Å². The van der Waals surface area contributed by atoms with Gasteiger partial charge in [-0.05, 0) is 36.4 Å². The van der Waals surface area contributed by atoms with Gasteiger partial charge < -0.3 is 14.2 Å². The van der Waals surface area contributed by atoms with Gasteiger partial charge in [-0.3, -0.25) is 0 Å². The van der Waals surface area contributed by atoms with Crippen LogP contribution in [-0.2, 0) is 14.1 Å². The fourth-order valence-electron chi connectivity index (χ4n) is 3.68. The normalized spacial score (nSPS) is 11.5. The summed E-state index contributed by atoms with van der Waals surface area (Å²) in [6.45, 7) is 0. The number of fused-ring (bicyclic) bond motifs is 2. The van der Waals surface area contributed by atoms with Crippen LogP contribution in [0.4, 0.5) is 0 Å². The molecule has 5 aromatic rings. The van der Waals surface area contributed by atoms with E-state index in [2.05, 4.69) is 0 Å². The number of para-hydroxylation sites is 5. The molecule has 0 spiro atoms. The summed E-state index contributed by atoms with van der Waals surface area (Å²) in [5.41, 5.74) is 5.25. The quantitative estimate of drug-likeness (QED) is 0.508. The lowest BCUT2D eigenvalue weighted by atomic mass is 10.1. The first-order chi connectivity index (χ1) is 13.1. The van der Waals surface area contributed by atoms with Crippen molar-refractivity contribution in [1.29, 1.82) is 0 Å². The highest BCUT2D eigenvalue weighted by atomic mass is 16.3. The third kappa shape index (κ3) is 2.25. The van der Waals surface area contributed by atoms with Gasteiger partial charge in [-0.15, -0.1) is 0 Å². The second-order valence-corrected chi connectivity index (χ2v) is 6.67. The minimum Gasteiger partial charge on any atom is -0.506 e. The lowest BCUT2D eigenvalue weighted by Gasteiger charge is -2.10. The molecule has 3 aromatic carbocycles. The highest BCUT2D eigenvalue weighted by Crippen LogP contribution is 2.38. The number of benzene rings is 3. The maximum Gasteiger partial charge on any atom is 0.144 e. The first-order valence-electron chi connectivity index (χ1n) is 8.81. The van der Waals surface area contributed by atoms with E-state index >= 15 is 0 Å². The Kier molecular flexibility index (Phi) is 3.31. The third-order valence-corrected chi connectivity index (χ3v) is 5.09. The van der Waals surface area contributed by atoms with Gasteiger partial charge in [-0.2, -0.15) is 0 Å². The minimum atomic E-state index is 0.189. The van der Waals surface area contributed by atoms with Crippen LogP contribution >= 0.6 is 0 Å². The molecule has 1 N–H and O–H groups in total. The molecule has 0 radical (unpaired) electrons. The van der Waals surface area contributed by atoms with Crippen molar-refractivity contribution in [1.82, 2.24) is 19.1 Å². The summed E-state index contributed by atoms with van der Waals surface area (Å²) in [4.78, 5) is 9.44. The summed E-state index contributed by atoms with van der Waals surface area (Å²) in [7, 11) is 3.93. The summed E-state index contributed by atoms with van der Waals surface area (Å²) in [6.07, 6.45) is 0. The molecule has 0 aliphatic heterocycles. The van der Waals surface area contributed by atoms with Crippen LogP contribution in [0.3, 0.4) is 0 Å². The molecule has 0 fully saturated rings. The molecule has 2 aromatic heterocycles. The van der Waals surface area contributed by atoms with Gasteiger partial charge in [0.05, 0.1) is 33.2 Å². The minimum absolute atomic E-state index is 0.189. The average molecular weight is 354 g/mol. The highest BCUT2D eigenvalue weighted by Gasteiger charge is 2.19. The molecular formula is C22H18N4O. The predicted octanol–water partition coefficient (Wildman–Crippen LogP) is 4.50. The van der Waals surface area contributed by atoms with Gasteiger partial charge in [0.15, 0.2) is 0 Å². The van der Waals surface area contributed by atoms with Crippen molar-refractivity contribution < 1.29 is 5.11 Å². The summed E-state index contributed by atoms with van der Waals surface area (Å²) in [5, 5.41) is 11.1. The molecule has 0 aliphatic rings. The first-order valence-corrected chi connectivity index (χ1v) is 8.81. The maximum atomic E-state index is 11.1. The number of phenols is 1. The van der Waals surface area contributed by atoms with Crippen LogP contribution in [0.25, 0.3) is 44.8 Å². The zero-order valence-corrected chi connectivity index (χ0v) is 15.1.